The summed E-state index contributed by atoms with van der Waals surface area (Å²) in [5.74, 6) is 0.649. The number of nitrogens with zero attached hydrogens (tertiary/aromatic N) is 2. The second-order valence-corrected chi connectivity index (χ2v) is 7.12. The quantitative estimate of drug-likeness (QED) is 0.644. The topological polar surface area (TPSA) is 62.6 Å². The summed E-state index contributed by atoms with van der Waals surface area (Å²) in [5.41, 5.74) is 2.14. The van der Waals surface area contributed by atoms with E-state index in [1.807, 2.05) is 48.5 Å². The van der Waals surface area contributed by atoms with Gasteiger partial charge in [0.25, 0.3) is 5.91 Å². The fraction of sp³-hybridized carbons (Fsp3) is 0.0909. The molecule has 0 bridgehead atoms. The highest BCUT2D eigenvalue weighted by molar-refractivity contribution is 7.99. The maximum atomic E-state index is 13.1. The first-order chi connectivity index (χ1) is 13.7. The van der Waals surface area contributed by atoms with E-state index in [-0.39, 0.29) is 12.5 Å². The fourth-order valence-electron chi connectivity index (χ4n) is 3.03. The smallest absolute Gasteiger partial charge is 0.269 e. The first kappa shape index (κ1) is 18.0. The molecule has 138 valence electrons. The molecule has 0 radical (unpaired) electrons. The molecular weight excluding hydrogens is 372 g/mol. The van der Waals surface area contributed by atoms with E-state index in [2.05, 4.69) is 6.07 Å². The summed E-state index contributed by atoms with van der Waals surface area (Å²) in [7, 11) is 1.50. The molecule has 28 heavy (non-hydrogen) atoms. The minimum Gasteiger partial charge on any atom is -0.493 e. The van der Waals surface area contributed by atoms with Gasteiger partial charge >= 0.3 is 0 Å². The molecule has 0 saturated carbocycles. The molecule has 1 aliphatic heterocycles. The van der Waals surface area contributed by atoms with Gasteiger partial charge in [0.2, 0.25) is 0 Å². The van der Waals surface area contributed by atoms with Crippen molar-refractivity contribution >= 4 is 29.0 Å². The van der Waals surface area contributed by atoms with Crippen LogP contribution in [0, 0.1) is 11.3 Å². The van der Waals surface area contributed by atoms with Crippen LogP contribution in [0.15, 0.2) is 76.5 Å². The third-order valence-corrected chi connectivity index (χ3v) is 5.46. The van der Waals surface area contributed by atoms with E-state index in [4.69, 9.17) is 14.7 Å². The van der Waals surface area contributed by atoms with E-state index in [9.17, 15) is 4.79 Å². The number of benzene rings is 3. The molecule has 1 amide bonds. The van der Waals surface area contributed by atoms with E-state index in [1.54, 1.807) is 34.9 Å². The zero-order valence-electron chi connectivity index (χ0n) is 15.1. The Balaban J connectivity index is 1.62. The van der Waals surface area contributed by atoms with E-state index >= 15 is 0 Å². The van der Waals surface area contributed by atoms with Crippen LogP contribution in [0.3, 0.4) is 0 Å². The molecule has 3 aromatic rings. The Kier molecular flexibility index (Phi) is 4.92. The number of nitriles is 1. The molecule has 0 aliphatic carbocycles. The number of carbonyl (C=O) groups is 1. The maximum absolute atomic E-state index is 13.1. The minimum absolute atomic E-state index is 0.157. The van der Waals surface area contributed by atoms with Crippen LogP contribution >= 0.6 is 11.8 Å². The molecule has 5 nitrogen and oxygen atoms in total. The van der Waals surface area contributed by atoms with Crippen LogP contribution in [-0.2, 0) is 4.79 Å². The van der Waals surface area contributed by atoms with Crippen molar-refractivity contribution in [3.8, 4) is 17.6 Å². The number of hydrogen-bond donors (Lipinski definition) is 0. The van der Waals surface area contributed by atoms with Crippen LogP contribution in [-0.4, -0.2) is 19.6 Å². The molecule has 1 aliphatic rings. The van der Waals surface area contributed by atoms with Crippen LogP contribution in [0.1, 0.15) is 5.56 Å². The van der Waals surface area contributed by atoms with Gasteiger partial charge in [-0.3, -0.25) is 9.69 Å². The predicted molar refractivity (Wildman–Crippen MR) is 107 cm³/mol. The van der Waals surface area contributed by atoms with Crippen molar-refractivity contribution in [3.05, 3.63) is 72.3 Å². The van der Waals surface area contributed by atoms with Crippen LogP contribution in [0.4, 0.5) is 11.4 Å². The van der Waals surface area contributed by atoms with Gasteiger partial charge in [-0.05, 0) is 36.4 Å². The Hall–Kier alpha value is -3.43. The lowest BCUT2D eigenvalue weighted by molar-refractivity contribution is -0.119. The number of para-hydroxylation sites is 2. The van der Waals surface area contributed by atoms with Gasteiger partial charge < -0.3 is 9.47 Å². The van der Waals surface area contributed by atoms with Gasteiger partial charge in [0.05, 0.1) is 30.1 Å². The molecule has 0 fully saturated rings. The first-order valence-electron chi connectivity index (χ1n) is 8.61. The van der Waals surface area contributed by atoms with Gasteiger partial charge in [0.1, 0.15) is 0 Å². The summed E-state index contributed by atoms with van der Waals surface area (Å²) in [5, 5.41) is 9.01. The lowest BCUT2D eigenvalue weighted by Gasteiger charge is -2.31. The zero-order chi connectivity index (χ0) is 19.5. The van der Waals surface area contributed by atoms with Crippen molar-refractivity contribution in [2.24, 2.45) is 0 Å². The summed E-state index contributed by atoms with van der Waals surface area (Å²) in [4.78, 5) is 16.8. The average molecular weight is 388 g/mol. The predicted octanol–water partition coefficient (Wildman–Crippen LogP) is 4.78. The Morgan fingerprint density at radius 1 is 1.00 bits per heavy atom. The summed E-state index contributed by atoms with van der Waals surface area (Å²) >= 11 is 1.64. The second-order valence-electron chi connectivity index (χ2n) is 6.03. The van der Waals surface area contributed by atoms with E-state index in [0.717, 1.165) is 21.2 Å². The highest BCUT2D eigenvalue weighted by Gasteiger charge is 2.28. The van der Waals surface area contributed by atoms with Crippen molar-refractivity contribution < 1.29 is 14.3 Å². The molecule has 0 saturated heterocycles. The largest absolute Gasteiger partial charge is 0.493 e. The molecule has 3 aromatic carbocycles. The number of hydrogen-bond acceptors (Lipinski definition) is 5. The highest BCUT2D eigenvalue weighted by atomic mass is 32.2. The average Bonchev–Trinajstić information content (AvgIpc) is 2.75. The monoisotopic (exact) mass is 388 g/mol. The van der Waals surface area contributed by atoms with Crippen LogP contribution in [0.2, 0.25) is 0 Å². The molecule has 0 N–H and O–H groups in total. The molecule has 4 rings (SSSR count). The van der Waals surface area contributed by atoms with Crippen LogP contribution < -0.4 is 14.4 Å². The van der Waals surface area contributed by atoms with E-state index in [0.29, 0.717) is 17.1 Å². The summed E-state index contributed by atoms with van der Waals surface area (Å²) in [6.07, 6.45) is 0. The molecule has 0 atom stereocenters. The van der Waals surface area contributed by atoms with Gasteiger partial charge in [-0.25, -0.2) is 0 Å². The molecule has 0 spiro atoms. The molecule has 1 heterocycles. The number of fused-ring (bicyclic) bond motifs is 2. The third kappa shape index (κ3) is 3.28. The van der Waals surface area contributed by atoms with Crippen LogP contribution in [0.5, 0.6) is 11.5 Å². The van der Waals surface area contributed by atoms with Gasteiger partial charge in [0, 0.05) is 15.9 Å². The maximum Gasteiger partial charge on any atom is 0.269 e. The van der Waals surface area contributed by atoms with Crippen LogP contribution in [0.25, 0.3) is 0 Å². The number of methoxy groups -OCH3 is 1. The summed E-state index contributed by atoms with van der Waals surface area (Å²) in [6, 6.07) is 22.5. The van der Waals surface area contributed by atoms with Crippen molar-refractivity contribution in [1.82, 2.24) is 0 Å². The Bertz CT molecular complexity index is 1050. The molecule has 0 unspecified atom stereocenters. The van der Waals surface area contributed by atoms with Crippen molar-refractivity contribution in [2.45, 2.75) is 9.79 Å². The number of rotatable bonds is 4. The zero-order valence-corrected chi connectivity index (χ0v) is 15.9. The van der Waals surface area contributed by atoms with Crippen molar-refractivity contribution in [1.29, 1.82) is 5.26 Å². The molecular formula is C22H16N2O3S. The number of ether oxygens (including phenoxy) is 2. The van der Waals surface area contributed by atoms with Gasteiger partial charge in [0.15, 0.2) is 18.1 Å². The first-order valence-corrected chi connectivity index (χ1v) is 9.42. The normalized spacial score (nSPS) is 11.8. The van der Waals surface area contributed by atoms with Gasteiger partial charge in [-0.15, -0.1) is 0 Å². The van der Waals surface area contributed by atoms with E-state index < -0.39 is 0 Å². The molecule has 0 aromatic heterocycles. The summed E-state index contributed by atoms with van der Waals surface area (Å²) < 4.78 is 11.0. The lowest BCUT2D eigenvalue weighted by Crippen LogP contribution is -2.32. The SMILES string of the molecule is COc1cc(C#N)ccc1OCC(=O)N1c2ccccc2Sc2ccccc21. The molecule has 6 heteroatoms. The summed E-state index contributed by atoms with van der Waals surface area (Å²) in [6.45, 7) is -0.157. The van der Waals surface area contributed by atoms with Gasteiger partial charge in [-0.2, -0.15) is 5.26 Å². The Labute approximate surface area is 167 Å². The van der Waals surface area contributed by atoms with Gasteiger partial charge in [-0.1, -0.05) is 36.0 Å². The number of amides is 1. The standard InChI is InChI=1S/C22H16N2O3S/c1-26-19-12-15(13-23)10-11-18(19)27-14-22(25)24-16-6-2-4-8-20(16)28-21-9-5-3-7-17(21)24/h2-12H,14H2,1H3. The highest BCUT2D eigenvalue weighted by Crippen LogP contribution is 2.47. The fourth-order valence-corrected chi connectivity index (χ4v) is 4.09. The second kappa shape index (κ2) is 7.67. The number of anilines is 2. The number of carbonyl (C=O) groups excluding carboxylic acids is 1. The van der Waals surface area contributed by atoms with Crippen molar-refractivity contribution in [2.75, 3.05) is 18.6 Å². The van der Waals surface area contributed by atoms with Crippen molar-refractivity contribution in [3.63, 3.8) is 0 Å². The Morgan fingerprint density at radius 2 is 1.64 bits per heavy atom. The minimum atomic E-state index is -0.188. The third-order valence-electron chi connectivity index (χ3n) is 4.33. The lowest BCUT2D eigenvalue weighted by atomic mass is 10.2. The van der Waals surface area contributed by atoms with E-state index in [1.165, 1.54) is 7.11 Å². The Morgan fingerprint density at radius 3 is 2.25 bits per heavy atom.